The summed E-state index contributed by atoms with van der Waals surface area (Å²) in [4.78, 5) is 17.2. The number of alkyl halides is 3. The molecule has 1 unspecified atom stereocenters. The van der Waals surface area contributed by atoms with Crippen LogP contribution in [0.15, 0.2) is 18.3 Å². The van der Waals surface area contributed by atoms with E-state index in [0.29, 0.717) is 37.4 Å². The molecule has 1 aliphatic heterocycles. The summed E-state index contributed by atoms with van der Waals surface area (Å²) in [6, 6.07) is 3.34. The first kappa shape index (κ1) is 22.8. The molecule has 5 nitrogen and oxygen atoms in total. The van der Waals surface area contributed by atoms with Crippen LogP contribution in [0, 0.1) is 5.92 Å². The number of nitrogen functional groups attached to an aromatic ring is 1. The Balaban J connectivity index is 0.00000264. The minimum Gasteiger partial charge on any atom is -0.397 e. The number of carbonyl (C=O) groups is 1. The fraction of sp³-hybridized carbons (Fsp3) is 0.571. The molecule has 138 valence electrons. The molecule has 1 amide bonds. The summed E-state index contributed by atoms with van der Waals surface area (Å²) in [5.74, 6) is -0.128. The van der Waals surface area contributed by atoms with Crippen molar-refractivity contribution >= 4 is 36.4 Å². The van der Waals surface area contributed by atoms with E-state index in [1.54, 1.807) is 12.1 Å². The van der Waals surface area contributed by atoms with Gasteiger partial charge in [-0.3, -0.25) is 14.7 Å². The molecule has 0 spiro atoms. The summed E-state index contributed by atoms with van der Waals surface area (Å²) in [5, 5.41) is 2.75. The van der Waals surface area contributed by atoms with Crippen molar-refractivity contribution in [2.75, 3.05) is 31.9 Å². The molecule has 1 saturated heterocycles. The van der Waals surface area contributed by atoms with Crippen LogP contribution in [0.3, 0.4) is 0 Å². The number of nitrogens with zero attached hydrogens (tertiary/aromatic N) is 2. The van der Waals surface area contributed by atoms with Gasteiger partial charge in [-0.2, -0.15) is 13.2 Å². The number of carbonyl (C=O) groups excluding carboxylic acids is 1. The van der Waals surface area contributed by atoms with Gasteiger partial charge in [-0.15, -0.1) is 24.8 Å². The average molecular weight is 389 g/mol. The minimum atomic E-state index is -4.17. The number of halogens is 5. The number of pyridine rings is 1. The Morgan fingerprint density at radius 1 is 1.38 bits per heavy atom. The van der Waals surface area contributed by atoms with Crippen LogP contribution >= 0.6 is 24.8 Å². The maximum atomic E-state index is 12.3. The van der Waals surface area contributed by atoms with E-state index in [0.717, 1.165) is 0 Å². The van der Waals surface area contributed by atoms with E-state index < -0.39 is 12.7 Å². The molecule has 1 aromatic heterocycles. The van der Waals surface area contributed by atoms with E-state index in [2.05, 4.69) is 10.3 Å². The molecule has 0 bridgehead atoms. The van der Waals surface area contributed by atoms with Crippen molar-refractivity contribution in [1.82, 2.24) is 15.2 Å². The van der Waals surface area contributed by atoms with Gasteiger partial charge in [0, 0.05) is 18.8 Å². The highest BCUT2D eigenvalue weighted by Crippen LogP contribution is 2.22. The summed E-state index contributed by atoms with van der Waals surface area (Å²) < 4.78 is 36.9. The predicted octanol–water partition coefficient (Wildman–Crippen LogP) is 2.05. The zero-order chi connectivity index (χ0) is 16.2. The van der Waals surface area contributed by atoms with Crippen molar-refractivity contribution in [1.29, 1.82) is 0 Å². The third-order valence-electron chi connectivity index (χ3n) is 3.55. The summed E-state index contributed by atoms with van der Waals surface area (Å²) in [6.07, 6.45) is -1.89. The Labute approximate surface area is 151 Å². The third kappa shape index (κ3) is 8.03. The van der Waals surface area contributed by atoms with Crippen LogP contribution in [-0.4, -0.2) is 48.1 Å². The zero-order valence-corrected chi connectivity index (χ0v) is 14.5. The molecular formula is C14H21Cl2F3N4O. The molecule has 1 atom stereocenters. The number of likely N-dealkylation sites (tertiary alicyclic amines) is 1. The normalized spacial score (nSPS) is 17.7. The number of amides is 1. The summed E-state index contributed by atoms with van der Waals surface area (Å²) in [7, 11) is 0. The van der Waals surface area contributed by atoms with Crippen molar-refractivity contribution in [2.45, 2.75) is 19.0 Å². The lowest BCUT2D eigenvalue weighted by molar-refractivity contribution is -0.143. The highest BCUT2D eigenvalue weighted by molar-refractivity contribution is 5.85. The van der Waals surface area contributed by atoms with Gasteiger partial charge in [0.05, 0.1) is 24.8 Å². The van der Waals surface area contributed by atoms with Crippen molar-refractivity contribution in [3.05, 3.63) is 24.0 Å². The van der Waals surface area contributed by atoms with Crippen LogP contribution in [0.25, 0.3) is 0 Å². The van der Waals surface area contributed by atoms with Gasteiger partial charge in [-0.05, 0) is 31.0 Å². The summed E-state index contributed by atoms with van der Waals surface area (Å²) in [5.41, 5.74) is 6.64. The molecule has 10 heteroatoms. The van der Waals surface area contributed by atoms with Crippen LogP contribution in [0.2, 0.25) is 0 Å². The van der Waals surface area contributed by atoms with Crippen LogP contribution < -0.4 is 11.1 Å². The predicted molar refractivity (Wildman–Crippen MR) is 90.5 cm³/mol. The van der Waals surface area contributed by atoms with E-state index in [1.165, 1.54) is 11.1 Å². The van der Waals surface area contributed by atoms with Crippen molar-refractivity contribution in [3.8, 4) is 0 Å². The van der Waals surface area contributed by atoms with Gasteiger partial charge in [0.1, 0.15) is 0 Å². The Morgan fingerprint density at radius 3 is 2.67 bits per heavy atom. The number of nitrogens with two attached hydrogens (primary N) is 1. The lowest BCUT2D eigenvalue weighted by atomic mass is 10.1. The lowest BCUT2D eigenvalue weighted by Gasteiger charge is -2.18. The Kier molecular flexibility index (Phi) is 9.39. The smallest absolute Gasteiger partial charge is 0.397 e. The Morgan fingerprint density at radius 2 is 2.08 bits per heavy atom. The molecule has 0 aromatic carbocycles. The molecule has 0 aliphatic carbocycles. The van der Waals surface area contributed by atoms with Crippen LogP contribution in [0.5, 0.6) is 0 Å². The average Bonchev–Trinajstić information content (AvgIpc) is 2.84. The molecule has 1 aromatic rings. The topological polar surface area (TPSA) is 71.2 Å². The van der Waals surface area contributed by atoms with Gasteiger partial charge in [0.15, 0.2) is 0 Å². The summed E-state index contributed by atoms with van der Waals surface area (Å²) >= 11 is 0. The zero-order valence-electron chi connectivity index (χ0n) is 12.9. The second kappa shape index (κ2) is 9.90. The number of anilines is 1. The Bertz CT molecular complexity index is 514. The van der Waals surface area contributed by atoms with Crippen molar-refractivity contribution in [3.63, 3.8) is 0 Å². The standard InChI is InChI=1S/C14H19F3N4O.2ClH/c15-14(16,17)9-21-4-3-10(8-21)6-20-13(22)5-12-2-1-11(18)7-19-12;;/h1-2,7,10H,3-6,8-9,18H2,(H,20,22);2*1H. The van der Waals surface area contributed by atoms with E-state index in [9.17, 15) is 18.0 Å². The number of nitrogens with one attached hydrogen (secondary N) is 1. The van der Waals surface area contributed by atoms with Crippen LogP contribution in [0.4, 0.5) is 18.9 Å². The molecule has 0 saturated carbocycles. The first-order valence-electron chi connectivity index (χ1n) is 7.08. The second-order valence-corrected chi connectivity index (χ2v) is 5.57. The molecule has 2 rings (SSSR count). The minimum absolute atomic E-state index is 0. The van der Waals surface area contributed by atoms with Gasteiger partial charge in [-0.25, -0.2) is 0 Å². The second-order valence-electron chi connectivity index (χ2n) is 5.57. The quantitative estimate of drug-likeness (QED) is 0.809. The summed E-state index contributed by atoms with van der Waals surface area (Å²) in [6.45, 7) is 0.286. The molecule has 1 fully saturated rings. The first-order valence-corrected chi connectivity index (χ1v) is 7.08. The molecular weight excluding hydrogens is 368 g/mol. The monoisotopic (exact) mass is 388 g/mol. The van der Waals surface area contributed by atoms with Crippen LogP contribution in [0.1, 0.15) is 12.1 Å². The number of hydrogen-bond donors (Lipinski definition) is 2. The largest absolute Gasteiger partial charge is 0.401 e. The third-order valence-corrected chi connectivity index (χ3v) is 3.55. The molecule has 1 aliphatic rings. The van der Waals surface area contributed by atoms with Gasteiger partial charge in [0.25, 0.3) is 0 Å². The number of hydrogen-bond acceptors (Lipinski definition) is 4. The lowest BCUT2D eigenvalue weighted by Crippen LogP contribution is -2.35. The number of aromatic nitrogens is 1. The van der Waals surface area contributed by atoms with E-state index in [4.69, 9.17) is 5.73 Å². The highest BCUT2D eigenvalue weighted by Gasteiger charge is 2.34. The fourth-order valence-corrected chi connectivity index (χ4v) is 2.50. The van der Waals surface area contributed by atoms with E-state index >= 15 is 0 Å². The van der Waals surface area contributed by atoms with Crippen molar-refractivity contribution in [2.24, 2.45) is 5.92 Å². The van der Waals surface area contributed by atoms with Crippen LogP contribution in [-0.2, 0) is 11.2 Å². The van der Waals surface area contributed by atoms with Gasteiger partial charge >= 0.3 is 6.18 Å². The Hall–Kier alpha value is -1.25. The maximum absolute atomic E-state index is 12.3. The molecule has 24 heavy (non-hydrogen) atoms. The molecule has 0 radical (unpaired) electrons. The van der Waals surface area contributed by atoms with Gasteiger partial charge in [-0.1, -0.05) is 0 Å². The fourth-order valence-electron chi connectivity index (χ4n) is 2.50. The van der Waals surface area contributed by atoms with Gasteiger partial charge in [0.2, 0.25) is 5.91 Å². The van der Waals surface area contributed by atoms with E-state index in [1.807, 2.05) is 0 Å². The molecule has 2 heterocycles. The van der Waals surface area contributed by atoms with Crippen molar-refractivity contribution < 1.29 is 18.0 Å². The first-order chi connectivity index (χ1) is 10.3. The highest BCUT2D eigenvalue weighted by atomic mass is 35.5. The maximum Gasteiger partial charge on any atom is 0.401 e. The number of rotatable bonds is 5. The molecule has 3 N–H and O–H groups in total. The van der Waals surface area contributed by atoms with E-state index in [-0.39, 0.29) is 43.1 Å². The van der Waals surface area contributed by atoms with Gasteiger partial charge < -0.3 is 11.1 Å². The SMILES string of the molecule is Cl.Cl.Nc1ccc(CC(=O)NCC2CCN(CC(F)(F)F)C2)nc1.